The Bertz CT molecular complexity index is 1020. The molecule has 1 aliphatic rings. The van der Waals surface area contributed by atoms with E-state index in [1.807, 2.05) is 28.8 Å². The van der Waals surface area contributed by atoms with E-state index >= 15 is 0 Å². The largest absolute Gasteiger partial charge is 0.370 e. The van der Waals surface area contributed by atoms with Gasteiger partial charge in [0, 0.05) is 37.8 Å². The molecule has 30 heavy (non-hydrogen) atoms. The van der Waals surface area contributed by atoms with Crippen molar-refractivity contribution in [2.75, 3.05) is 6.54 Å². The van der Waals surface area contributed by atoms with Gasteiger partial charge in [-0.15, -0.1) is 0 Å². The molecule has 3 aromatic rings. The summed E-state index contributed by atoms with van der Waals surface area (Å²) in [4.78, 5) is 14.8. The van der Waals surface area contributed by atoms with E-state index in [1.165, 1.54) is 16.8 Å². The van der Waals surface area contributed by atoms with E-state index in [1.54, 1.807) is 0 Å². The molecule has 5 heteroatoms. The van der Waals surface area contributed by atoms with Crippen LogP contribution in [0.4, 0.5) is 0 Å². The third kappa shape index (κ3) is 4.62. The predicted octanol–water partition coefficient (Wildman–Crippen LogP) is 3.88. The molecular weight excluding hydrogens is 374 g/mol. The molecule has 4 rings (SSSR count). The highest BCUT2D eigenvalue weighted by molar-refractivity contribution is 5.79. The zero-order valence-corrected chi connectivity index (χ0v) is 18.0. The van der Waals surface area contributed by atoms with Crippen molar-refractivity contribution in [2.24, 2.45) is 7.05 Å². The van der Waals surface area contributed by atoms with Crippen LogP contribution in [0.3, 0.4) is 0 Å². The molecule has 1 amide bonds. The van der Waals surface area contributed by atoms with Crippen LogP contribution in [0.1, 0.15) is 39.2 Å². The van der Waals surface area contributed by atoms with Crippen LogP contribution in [0.15, 0.2) is 48.5 Å². The second-order valence-electron chi connectivity index (χ2n) is 8.20. The molecule has 1 aromatic heterocycles. The number of fused-ring (bicyclic) bond motifs is 1. The number of hydrogen-bond donors (Lipinski definition) is 0. The Balaban J connectivity index is 1.40. The molecular formula is C25H29N3O2. The van der Waals surface area contributed by atoms with E-state index in [2.05, 4.69) is 55.3 Å². The second kappa shape index (κ2) is 8.84. The molecule has 0 spiro atoms. The number of aromatic nitrogens is 2. The van der Waals surface area contributed by atoms with Crippen LogP contribution in [0.2, 0.25) is 0 Å². The Morgan fingerprint density at radius 1 is 0.967 bits per heavy atom. The maximum Gasteiger partial charge on any atom is 0.227 e. The van der Waals surface area contributed by atoms with Gasteiger partial charge in [-0.05, 0) is 25.0 Å². The first-order chi connectivity index (χ1) is 14.5. The normalized spacial score (nSPS) is 13.4. The number of amides is 1. The van der Waals surface area contributed by atoms with E-state index in [9.17, 15) is 4.79 Å². The molecule has 156 valence electrons. The average molecular weight is 404 g/mol. The number of ether oxygens (including phenoxy) is 1. The van der Waals surface area contributed by atoms with Gasteiger partial charge in [0.1, 0.15) is 0 Å². The number of nitrogens with zero attached hydrogens (tertiary/aromatic N) is 3. The summed E-state index contributed by atoms with van der Waals surface area (Å²) in [7, 11) is 1.98. The number of carbonyl (C=O) groups is 1. The standard InChI is InChI=1S/C25H29N3O2/c1-18-4-8-20(9-5-18)14-25(29)28-13-12-24-22(15-28)23(26-27(24)3)17-30-16-21-10-6-19(2)7-11-21/h4-11H,12-17H2,1-3H3. The van der Waals surface area contributed by atoms with Gasteiger partial charge in [-0.1, -0.05) is 59.7 Å². The Hall–Kier alpha value is -2.92. The minimum atomic E-state index is 0.167. The van der Waals surface area contributed by atoms with Crippen LogP contribution in [-0.4, -0.2) is 27.1 Å². The molecule has 0 N–H and O–H groups in total. The lowest BCUT2D eigenvalue weighted by Gasteiger charge is -2.28. The van der Waals surface area contributed by atoms with Crippen LogP contribution in [0.5, 0.6) is 0 Å². The second-order valence-corrected chi connectivity index (χ2v) is 8.20. The summed E-state index contributed by atoms with van der Waals surface area (Å²) in [5.74, 6) is 0.167. The highest BCUT2D eigenvalue weighted by atomic mass is 16.5. The lowest BCUT2D eigenvalue weighted by molar-refractivity contribution is -0.131. The molecule has 0 aliphatic carbocycles. The average Bonchev–Trinajstić information content (AvgIpc) is 3.06. The van der Waals surface area contributed by atoms with Gasteiger partial charge in [0.25, 0.3) is 0 Å². The minimum absolute atomic E-state index is 0.167. The van der Waals surface area contributed by atoms with Gasteiger partial charge in [0.2, 0.25) is 5.91 Å². The molecule has 0 radical (unpaired) electrons. The topological polar surface area (TPSA) is 47.4 Å². The van der Waals surface area contributed by atoms with Gasteiger partial charge in [-0.2, -0.15) is 5.10 Å². The van der Waals surface area contributed by atoms with Crippen molar-refractivity contribution in [1.29, 1.82) is 0 Å². The first-order valence-electron chi connectivity index (χ1n) is 10.5. The van der Waals surface area contributed by atoms with E-state index in [0.29, 0.717) is 26.2 Å². The fourth-order valence-electron chi connectivity index (χ4n) is 3.94. The summed E-state index contributed by atoms with van der Waals surface area (Å²) >= 11 is 0. The first kappa shape index (κ1) is 20.4. The van der Waals surface area contributed by atoms with Crippen LogP contribution < -0.4 is 0 Å². The Kier molecular flexibility index (Phi) is 6.00. The number of aryl methyl sites for hydroxylation is 3. The Morgan fingerprint density at radius 3 is 2.27 bits per heavy atom. The summed E-state index contributed by atoms with van der Waals surface area (Å²) in [6.07, 6.45) is 1.27. The summed E-state index contributed by atoms with van der Waals surface area (Å²) in [5, 5.41) is 4.68. The lowest BCUT2D eigenvalue weighted by atomic mass is 10.0. The monoisotopic (exact) mass is 403 g/mol. The molecule has 0 bridgehead atoms. The molecule has 0 saturated heterocycles. The fraction of sp³-hybridized carbons (Fsp3) is 0.360. The molecule has 2 aromatic carbocycles. The van der Waals surface area contributed by atoms with Crippen molar-refractivity contribution < 1.29 is 9.53 Å². The maximum atomic E-state index is 12.9. The highest BCUT2D eigenvalue weighted by Gasteiger charge is 2.26. The Morgan fingerprint density at radius 2 is 1.60 bits per heavy atom. The van der Waals surface area contributed by atoms with Gasteiger partial charge in [0.05, 0.1) is 25.3 Å². The van der Waals surface area contributed by atoms with Gasteiger partial charge < -0.3 is 9.64 Å². The number of rotatable bonds is 6. The van der Waals surface area contributed by atoms with Crippen molar-refractivity contribution >= 4 is 5.91 Å². The van der Waals surface area contributed by atoms with E-state index < -0.39 is 0 Å². The van der Waals surface area contributed by atoms with Gasteiger partial charge in [-0.3, -0.25) is 9.48 Å². The molecule has 5 nitrogen and oxygen atoms in total. The molecule has 0 saturated carbocycles. The third-order valence-corrected chi connectivity index (χ3v) is 5.78. The molecule has 0 fully saturated rings. The van der Waals surface area contributed by atoms with Crippen LogP contribution in [-0.2, 0) is 49.2 Å². The molecule has 1 aliphatic heterocycles. The van der Waals surface area contributed by atoms with Gasteiger partial charge in [0.15, 0.2) is 0 Å². The smallest absolute Gasteiger partial charge is 0.227 e. The van der Waals surface area contributed by atoms with E-state index in [-0.39, 0.29) is 5.91 Å². The fourth-order valence-corrected chi connectivity index (χ4v) is 3.94. The van der Waals surface area contributed by atoms with Crippen molar-refractivity contribution in [3.63, 3.8) is 0 Å². The van der Waals surface area contributed by atoms with Crippen molar-refractivity contribution in [2.45, 2.75) is 46.4 Å². The highest BCUT2D eigenvalue weighted by Crippen LogP contribution is 2.24. The zero-order chi connectivity index (χ0) is 21.1. The summed E-state index contributed by atoms with van der Waals surface area (Å²) in [5.41, 5.74) is 7.96. The molecule has 0 atom stereocenters. The predicted molar refractivity (Wildman–Crippen MR) is 117 cm³/mol. The van der Waals surface area contributed by atoms with Crippen molar-refractivity contribution in [3.05, 3.63) is 87.7 Å². The number of carbonyl (C=O) groups excluding carboxylic acids is 1. The van der Waals surface area contributed by atoms with Crippen LogP contribution >= 0.6 is 0 Å². The third-order valence-electron chi connectivity index (χ3n) is 5.78. The lowest BCUT2D eigenvalue weighted by Crippen LogP contribution is -2.37. The SMILES string of the molecule is Cc1ccc(COCc2nn(C)c3c2CN(C(=O)Cc2ccc(C)cc2)CC3)cc1. The van der Waals surface area contributed by atoms with E-state index in [0.717, 1.165) is 35.3 Å². The maximum absolute atomic E-state index is 12.9. The van der Waals surface area contributed by atoms with Crippen molar-refractivity contribution in [1.82, 2.24) is 14.7 Å². The molecule has 0 unspecified atom stereocenters. The van der Waals surface area contributed by atoms with Gasteiger partial charge in [-0.25, -0.2) is 0 Å². The Labute approximate surface area is 178 Å². The number of benzene rings is 2. The molecule has 2 heterocycles. The zero-order valence-electron chi connectivity index (χ0n) is 18.0. The van der Waals surface area contributed by atoms with Crippen LogP contribution in [0, 0.1) is 13.8 Å². The summed E-state index contributed by atoms with van der Waals surface area (Å²) in [6.45, 7) is 6.50. The number of hydrogen-bond acceptors (Lipinski definition) is 3. The van der Waals surface area contributed by atoms with Crippen LogP contribution in [0.25, 0.3) is 0 Å². The summed E-state index contributed by atoms with van der Waals surface area (Å²) in [6, 6.07) is 16.6. The van der Waals surface area contributed by atoms with E-state index in [4.69, 9.17) is 4.74 Å². The minimum Gasteiger partial charge on any atom is -0.370 e. The van der Waals surface area contributed by atoms with Crippen molar-refractivity contribution in [3.8, 4) is 0 Å². The first-order valence-corrected chi connectivity index (χ1v) is 10.5. The van der Waals surface area contributed by atoms with Gasteiger partial charge >= 0.3 is 0 Å². The quantitative estimate of drug-likeness (QED) is 0.628. The summed E-state index contributed by atoms with van der Waals surface area (Å²) < 4.78 is 7.89.